The molecule has 2 aromatic rings. The van der Waals surface area contributed by atoms with Crippen LogP contribution in [0.3, 0.4) is 0 Å². The molecule has 1 fully saturated rings. The van der Waals surface area contributed by atoms with Crippen LogP contribution < -0.4 is 10.1 Å². The predicted molar refractivity (Wildman–Crippen MR) is 106 cm³/mol. The number of hydrogen-bond donors (Lipinski definition) is 1. The fourth-order valence-corrected chi connectivity index (χ4v) is 2.59. The van der Waals surface area contributed by atoms with Gasteiger partial charge in [-0.05, 0) is 38.0 Å². The molecule has 152 valence electrons. The molecular weight excluding hydrogens is 375 g/mol. The Hall–Kier alpha value is -3.29. The number of rotatable bonds is 9. The summed E-state index contributed by atoms with van der Waals surface area (Å²) < 4.78 is 20.6. The van der Waals surface area contributed by atoms with E-state index in [2.05, 4.69) is 15.6 Å². The lowest BCUT2D eigenvalue weighted by Gasteiger charge is -2.11. The average Bonchev–Trinajstić information content (AvgIpc) is 3.43. The molecule has 0 bridgehead atoms. The molecule has 1 aliphatic carbocycles. The molecule has 1 N–H and O–H groups in total. The SMILES string of the molecule is C/C=C(\C=C/C(C)C=O)n1nnc(C(=O)NC2CC2)c1COc1cccc(F)c1. The van der Waals surface area contributed by atoms with Gasteiger partial charge in [-0.2, -0.15) is 0 Å². The lowest BCUT2D eigenvalue weighted by molar-refractivity contribution is -0.109. The lowest BCUT2D eigenvalue weighted by Crippen LogP contribution is -2.27. The molecule has 1 heterocycles. The van der Waals surface area contributed by atoms with Gasteiger partial charge in [0.15, 0.2) is 5.69 Å². The largest absolute Gasteiger partial charge is 0.487 e. The number of carbonyl (C=O) groups is 2. The molecule has 0 saturated heterocycles. The maximum absolute atomic E-state index is 13.4. The molecule has 7 nitrogen and oxygen atoms in total. The van der Waals surface area contributed by atoms with E-state index in [4.69, 9.17) is 4.74 Å². The first kappa shape index (κ1) is 20.4. The lowest BCUT2D eigenvalue weighted by atomic mass is 10.2. The van der Waals surface area contributed by atoms with Gasteiger partial charge in [-0.3, -0.25) is 4.79 Å². The first-order valence-electron chi connectivity index (χ1n) is 9.45. The minimum atomic E-state index is -0.416. The van der Waals surface area contributed by atoms with Crippen molar-refractivity contribution in [2.75, 3.05) is 0 Å². The summed E-state index contributed by atoms with van der Waals surface area (Å²) in [7, 11) is 0. The zero-order chi connectivity index (χ0) is 20.8. The van der Waals surface area contributed by atoms with E-state index in [0.29, 0.717) is 17.1 Å². The van der Waals surface area contributed by atoms with Crippen LogP contribution in [0.1, 0.15) is 42.9 Å². The molecule has 1 aromatic carbocycles. The number of allylic oxidation sites excluding steroid dienone is 4. The van der Waals surface area contributed by atoms with Gasteiger partial charge in [0.05, 0.1) is 5.70 Å². The Morgan fingerprint density at radius 1 is 1.45 bits per heavy atom. The highest BCUT2D eigenvalue weighted by Crippen LogP contribution is 2.22. The zero-order valence-corrected chi connectivity index (χ0v) is 16.3. The van der Waals surface area contributed by atoms with Crippen molar-refractivity contribution in [1.29, 1.82) is 0 Å². The summed E-state index contributed by atoms with van der Waals surface area (Å²) in [6, 6.07) is 5.93. The molecule has 1 saturated carbocycles. The van der Waals surface area contributed by atoms with Crippen LogP contribution in [0.4, 0.5) is 4.39 Å². The maximum Gasteiger partial charge on any atom is 0.274 e. The smallest absolute Gasteiger partial charge is 0.274 e. The Balaban J connectivity index is 1.90. The molecule has 1 atom stereocenters. The van der Waals surface area contributed by atoms with Gasteiger partial charge in [0.1, 0.15) is 30.2 Å². The molecule has 1 aromatic heterocycles. The molecule has 1 unspecified atom stereocenters. The van der Waals surface area contributed by atoms with E-state index in [1.54, 1.807) is 37.3 Å². The number of halogens is 1. The number of nitrogens with zero attached hydrogens (tertiary/aromatic N) is 3. The third-order valence-electron chi connectivity index (χ3n) is 4.39. The Labute approximate surface area is 168 Å². The Morgan fingerprint density at radius 2 is 2.24 bits per heavy atom. The highest BCUT2D eigenvalue weighted by Gasteiger charge is 2.28. The van der Waals surface area contributed by atoms with E-state index >= 15 is 0 Å². The molecule has 0 aliphatic heterocycles. The summed E-state index contributed by atoms with van der Waals surface area (Å²) in [4.78, 5) is 23.5. The molecule has 29 heavy (non-hydrogen) atoms. The van der Waals surface area contributed by atoms with Gasteiger partial charge in [0.25, 0.3) is 5.91 Å². The van der Waals surface area contributed by atoms with Crippen LogP contribution in [0.15, 0.2) is 42.5 Å². The molecule has 0 radical (unpaired) electrons. The summed E-state index contributed by atoms with van der Waals surface area (Å²) in [6.45, 7) is 3.55. The third-order valence-corrected chi connectivity index (χ3v) is 4.39. The number of amides is 1. The van der Waals surface area contributed by atoms with Crippen molar-refractivity contribution < 1.29 is 18.7 Å². The van der Waals surface area contributed by atoms with Gasteiger partial charge in [-0.15, -0.1) is 5.10 Å². The number of aldehydes is 1. The highest BCUT2D eigenvalue weighted by molar-refractivity contribution is 5.94. The topological polar surface area (TPSA) is 86.1 Å². The molecule has 1 aliphatic rings. The second kappa shape index (κ2) is 9.27. The Kier molecular flexibility index (Phi) is 6.54. The molecule has 1 amide bonds. The van der Waals surface area contributed by atoms with Crippen molar-refractivity contribution >= 4 is 17.9 Å². The van der Waals surface area contributed by atoms with Gasteiger partial charge < -0.3 is 14.8 Å². The molecule has 8 heteroatoms. The maximum atomic E-state index is 13.4. The van der Waals surface area contributed by atoms with E-state index in [0.717, 1.165) is 19.1 Å². The molecule has 3 rings (SSSR count). The number of carbonyl (C=O) groups excluding carboxylic acids is 2. The predicted octanol–water partition coefficient (Wildman–Crippen LogP) is 3.14. The van der Waals surface area contributed by atoms with Crippen molar-refractivity contribution in [3.63, 3.8) is 0 Å². The van der Waals surface area contributed by atoms with Crippen LogP contribution >= 0.6 is 0 Å². The van der Waals surface area contributed by atoms with E-state index in [1.807, 2.05) is 6.92 Å². The fraction of sp³-hybridized carbons (Fsp3) is 0.333. The second-order valence-corrected chi connectivity index (χ2v) is 6.86. The van der Waals surface area contributed by atoms with Crippen molar-refractivity contribution in [3.05, 3.63) is 59.7 Å². The van der Waals surface area contributed by atoms with Crippen LogP contribution in [-0.4, -0.2) is 33.2 Å². The number of ether oxygens (including phenoxy) is 1. The first-order valence-corrected chi connectivity index (χ1v) is 9.45. The van der Waals surface area contributed by atoms with E-state index in [9.17, 15) is 14.0 Å². The van der Waals surface area contributed by atoms with Crippen LogP contribution in [-0.2, 0) is 11.4 Å². The van der Waals surface area contributed by atoms with Crippen molar-refractivity contribution in [3.8, 4) is 5.75 Å². The van der Waals surface area contributed by atoms with Gasteiger partial charge in [-0.25, -0.2) is 9.07 Å². The van der Waals surface area contributed by atoms with Gasteiger partial charge in [0, 0.05) is 18.0 Å². The first-order chi connectivity index (χ1) is 14.0. The van der Waals surface area contributed by atoms with Crippen LogP contribution in [0.2, 0.25) is 0 Å². The van der Waals surface area contributed by atoms with Gasteiger partial charge in [-0.1, -0.05) is 30.4 Å². The van der Waals surface area contributed by atoms with Gasteiger partial charge in [0.2, 0.25) is 0 Å². The number of aromatic nitrogens is 3. The van der Waals surface area contributed by atoms with Crippen LogP contribution in [0, 0.1) is 11.7 Å². The van der Waals surface area contributed by atoms with Crippen LogP contribution in [0.25, 0.3) is 5.70 Å². The normalized spacial score (nSPS) is 15.3. The minimum Gasteiger partial charge on any atom is -0.487 e. The quantitative estimate of drug-likeness (QED) is 0.518. The number of hydrogen-bond acceptors (Lipinski definition) is 5. The number of benzene rings is 1. The van der Waals surface area contributed by atoms with Crippen LogP contribution in [0.5, 0.6) is 5.75 Å². The Morgan fingerprint density at radius 3 is 2.90 bits per heavy atom. The monoisotopic (exact) mass is 398 g/mol. The highest BCUT2D eigenvalue weighted by atomic mass is 19.1. The van der Waals surface area contributed by atoms with E-state index in [1.165, 1.54) is 16.8 Å². The number of nitrogens with one attached hydrogen (secondary N) is 1. The van der Waals surface area contributed by atoms with Crippen molar-refractivity contribution in [2.24, 2.45) is 5.92 Å². The zero-order valence-electron chi connectivity index (χ0n) is 16.3. The minimum absolute atomic E-state index is 0.0295. The summed E-state index contributed by atoms with van der Waals surface area (Å²) in [5.74, 6) is -0.672. The summed E-state index contributed by atoms with van der Waals surface area (Å²) >= 11 is 0. The van der Waals surface area contributed by atoms with E-state index in [-0.39, 0.29) is 30.2 Å². The fourth-order valence-electron chi connectivity index (χ4n) is 2.59. The van der Waals surface area contributed by atoms with E-state index < -0.39 is 5.82 Å². The summed E-state index contributed by atoms with van der Waals surface area (Å²) in [5, 5.41) is 11.1. The average molecular weight is 398 g/mol. The van der Waals surface area contributed by atoms with Crippen molar-refractivity contribution in [1.82, 2.24) is 20.3 Å². The van der Waals surface area contributed by atoms with Crippen molar-refractivity contribution in [2.45, 2.75) is 39.3 Å². The molecule has 0 spiro atoms. The summed E-state index contributed by atoms with van der Waals surface area (Å²) in [5.41, 5.74) is 1.22. The standard InChI is InChI=1S/C21H23FN4O3/c1-3-17(10-7-14(2)12-27)26-19(13-29-18-6-4-5-15(22)11-18)20(24-25-26)21(28)23-16-8-9-16/h3-7,10-12,14,16H,8-9,13H2,1-2H3,(H,23,28)/b10-7-,17-3+. The molecular formula is C21H23FN4O3. The summed E-state index contributed by atoms with van der Waals surface area (Å²) in [6.07, 6.45) is 7.97. The third kappa shape index (κ3) is 5.37. The second-order valence-electron chi connectivity index (χ2n) is 6.86. The Bertz CT molecular complexity index is 947. The van der Waals surface area contributed by atoms with Gasteiger partial charge >= 0.3 is 0 Å².